The van der Waals surface area contributed by atoms with Gasteiger partial charge >= 0.3 is 0 Å². The third-order valence-electron chi connectivity index (χ3n) is 3.65. The fraction of sp³-hybridized carbons (Fsp3) is 0.235. The van der Waals surface area contributed by atoms with Crippen LogP contribution in [0.3, 0.4) is 0 Å². The van der Waals surface area contributed by atoms with E-state index >= 15 is 0 Å². The van der Waals surface area contributed by atoms with E-state index in [-0.39, 0.29) is 5.91 Å². The quantitative estimate of drug-likeness (QED) is 0.687. The molecule has 0 atom stereocenters. The van der Waals surface area contributed by atoms with Crippen molar-refractivity contribution in [1.82, 2.24) is 20.1 Å². The van der Waals surface area contributed by atoms with Gasteiger partial charge in [-0.15, -0.1) is 21.5 Å². The van der Waals surface area contributed by atoms with E-state index in [1.54, 1.807) is 11.3 Å². The molecule has 1 aromatic carbocycles. The standard InChI is InChI=1S/C17H18N4OS2/c1-12-6-3-4-7-13(12)10-18-15(22)11-24-17-20-19-16(21(17)2)14-8-5-9-23-14/h3-9H,10-11H2,1-2H3,(H,18,22). The summed E-state index contributed by atoms with van der Waals surface area (Å²) in [5, 5.41) is 14.1. The maximum atomic E-state index is 12.1. The molecule has 0 bridgehead atoms. The molecule has 2 heterocycles. The minimum absolute atomic E-state index is 0.0103. The van der Waals surface area contributed by atoms with E-state index in [1.807, 2.05) is 60.3 Å². The van der Waals surface area contributed by atoms with Crippen molar-refractivity contribution in [1.29, 1.82) is 0 Å². The second-order valence-corrected chi connectivity index (χ2v) is 7.22. The SMILES string of the molecule is Cc1ccccc1CNC(=O)CSc1nnc(-c2cccs2)n1C. The van der Waals surface area contributed by atoms with E-state index in [4.69, 9.17) is 0 Å². The van der Waals surface area contributed by atoms with Crippen LogP contribution in [0.25, 0.3) is 10.7 Å². The Morgan fingerprint density at radius 2 is 2.08 bits per heavy atom. The minimum atomic E-state index is -0.0103. The number of nitrogens with one attached hydrogen (secondary N) is 1. The van der Waals surface area contributed by atoms with E-state index in [9.17, 15) is 4.79 Å². The van der Waals surface area contributed by atoms with Crippen LogP contribution in [0.5, 0.6) is 0 Å². The van der Waals surface area contributed by atoms with Crippen LogP contribution in [0.4, 0.5) is 0 Å². The average molecular weight is 358 g/mol. The highest BCUT2D eigenvalue weighted by molar-refractivity contribution is 7.99. The number of benzene rings is 1. The number of hydrogen-bond acceptors (Lipinski definition) is 5. The van der Waals surface area contributed by atoms with Crippen LogP contribution in [0, 0.1) is 6.92 Å². The highest BCUT2D eigenvalue weighted by atomic mass is 32.2. The van der Waals surface area contributed by atoms with Crippen LogP contribution in [0.2, 0.25) is 0 Å². The number of carbonyl (C=O) groups excluding carboxylic acids is 1. The van der Waals surface area contributed by atoms with Crippen molar-refractivity contribution in [3.8, 4) is 10.7 Å². The predicted octanol–water partition coefficient (Wildman–Crippen LogP) is 3.26. The highest BCUT2D eigenvalue weighted by Crippen LogP contribution is 2.25. The number of nitrogens with zero attached hydrogens (tertiary/aromatic N) is 3. The lowest BCUT2D eigenvalue weighted by Crippen LogP contribution is -2.25. The molecule has 0 saturated carbocycles. The van der Waals surface area contributed by atoms with Crippen molar-refractivity contribution in [3.63, 3.8) is 0 Å². The van der Waals surface area contributed by atoms with Gasteiger partial charge in [0.15, 0.2) is 11.0 Å². The summed E-state index contributed by atoms with van der Waals surface area (Å²) in [5.74, 6) is 1.14. The van der Waals surface area contributed by atoms with Gasteiger partial charge in [0.2, 0.25) is 5.91 Å². The Labute approximate surface area is 149 Å². The molecule has 1 N–H and O–H groups in total. The molecule has 0 aliphatic carbocycles. The minimum Gasteiger partial charge on any atom is -0.351 e. The van der Waals surface area contributed by atoms with Gasteiger partial charge in [0, 0.05) is 13.6 Å². The number of aromatic nitrogens is 3. The molecule has 3 aromatic rings. The van der Waals surface area contributed by atoms with Gasteiger partial charge in [-0.2, -0.15) is 0 Å². The number of rotatable bonds is 6. The molecule has 0 spiro atoms. The molecular weight excluding hydrogens is 340 g/mol. The summed E-state index contributed by atoms with van der Waals surface area (Å²) in [7, 11) is 1.92. The first-order valence-electron chi connectivity index (χ1n) is 7.52. The second kappa shape index (κ2) is 7.63. The summed E-state index contributed by atoms with van der Waals surface area (Å²) in [6.07, 6.45) is 0. The molecule has 7 heteroatoms. The van der Waals surface area contributed by atoms with Crippen LogP contribution in [0.15, 0.2) is 46.9 Å². The Hall–Kier alpha value is -2.12. The van der Waals surface area contributed by atoms with Gasteiger partial charge in [-0.05, 0) is 29.5 Å². The van der Waals surface area contributed by atoms with Crippen LogP contribution in [0.1, 0.15) is 11.1 Å². The zero-order chi connectivity index (χ0) is 16.9. The third-order valence-corrected chi connectivity index (χ3v) is 5.53. The highest BCUT2D eigenvalue weighted by Gasteiger charge is 2.13. The van der Waals surface area contributed by atoms with Gasteiger partial charge in [-0.1, -0.05) is 42.1 Å². The van der Waals surface area contributed by atoms with Gasteiger partial charge in [-0.25, -0.2) is 0 Å². The fourth-order valence-corrected chi connectivity index (χ4v) is 3.73. The average Bonchev–Trinajstić information content (AvgIpc) is 3.22. The molecule has 0 unspecified atom stereocenters. The molecule has 124 valence electrons. The fourth-order valence-electron chi connectivity index (χ4n) is 2.24. The Kier molecular flexibility index (Phi) is 5.32. The summed E-state index contributed by atoms with van der Waals surface area (Å²) < 4.78 is 1.92. The number of thioether (sulfide) groups is 1. The molecule has 0 aliphatic rings. The summed E-state index contributed by atoms with van der Waals surface area (Å²) in [4.78, 5) is 13.1. The zero-order valence-electron chi connectivity index (χ0n) is 13.5. The Morgan fingerprint density at radius 1 is 1.25 bits per heavy atom. The Bertz CT molecular complexity index is 827. The zero-order valence-corrected chi connectivity index (χ0v) is 15.2. The van der Waals surface area contributed by atoms with Gasteiger partial charge in [0.05, 0.1) is 10.6 Å². The van der Waals surface area contributed by atoms with Crippen molar-refractivity contribution < 1.29 is 4.79 Å². The van der Waals surface area contributed by atoms with Crippen molar-refractivity contribution >= 4 is 29.0 Å². The van der Waals surface area contributed by atoms with E-state index < -0.39 is 0 Å². The lowest BCUT2D eigenvalue weighted by molar-refractivity contribution is -0.118. The number of carbonyl (C=O) groups is 1. The topological polar surface area (TPSA) is 59.8 Å². The van der Waals surface area contributed by atoms with Gasteiger partial charge in [0.25, 0.3) is 0 Å². The maximum absolute atomic E-state index is 12.1. The normalized spacial score (nSPS) is 10.8. The van der Waals surface area contributed by atoms with Crippen molar-refractivity contribution in [2.24, 2.45) is 7.05 Å². The van der Waals surface area contributed by atoms with Gasteiger partial charge in [0.1, 0.15) is 0 Å². The number of amides is 1. The molecule has 0 saturated heterocycles. The first-order chi connectivity index (χ1) is 11.6. The lowest BCUT2D eigenvalue weighted by atomic mass is 10.1. The monoisotopic (exact) mass is 358 g/mol. The third kappa shape index (κ3) is 3.85. The first kappa shape index (κ1) is 16.7. The molecular formula is C17H18N4OS2. The van der Waals surface area contributed by atoms with Gasteiger partial charge in [-0.3, -0.25) is 4.79 Å². The Morgan fingerprint density at radius 3 is 2.83 bits per heavy atom. The number of aryl methyl sites for hydroxylation is 1. The molecule has 0 radical (unpaired) electrons. The van der Waals surface area contributed by atoms with Crippen LogP contribution >= 0.6 is 23.1 Å². The molecule has 0 fully saturated rings. The molecule has 1 amide bonds. The smallest absolute Gasteiger partial charge is 0.230 e. The summed E-state index contributed by atoms with van der Waals surface area (Å²) in [6.45, 7) is 2.59. The van der Waals surface area contributed by atoms with Crippen LogP contribution in [-0.2, 0) is 18.4 Å². The van der Waals surface area contributed by atoms with Crippen molar-refractivity contribution in [3.05, 3.63) is 52.9 Å². The van der Waals surface area contributed by atoms with Gasteiger partial charge < -0.3 is 9.88 Å². The van der Waals surface area contributed by atoms with E-state index in [2.05, 4.69) is 15.5 Å². The molecule has 3 rings (SSSR count). The van der Waals surface area contributed by atoms with E-state index in [0.717, 1.165) is 21.4 Å². The molecule has 24 heavy (non-hydrogen) atoms. The number of hydrogen-bond donors (Lipinski definition) is 1. The summed E-state index contributed by atoms with van der Waals surface area (Å²) >= 11 is 3.02. The molecule has 5 nitrogen and oxygen atoms in total. The molecule has 2 aromatic heterocycles. The molecule has 0 aliphatic heterocycles. The van der Waals surface area contributed by atoms with Crippen LogP contribution in [-0.4, -0.2) is 26.4 Å². The van der Waals surface area contributed by atoms with E-state index in [1.165, 1.54) is 17.3 Å². The number of thiophene rings is 1. The first-order valence-corrected chi connectivity index (χ1v) is 9.39. The van der Waals surface area contributed by atoms with E-state index in [0.29, 0.717) is 12.3 Å². The summed E-state index contributed by atoms with van der Waals surface area (Å²) in [5.41, 5.74) is 2.31. The van der Waals surface area contributed by atoms with Crippen molar-refractivity contribution in [2.75, 3.05) is 5.75 Å². The van der Waals surface area contributed by atoms with Crippen LogP contribution < -0.4 is 5.32 Å². The summed E-state index contributed by atoms with van der Waals surface area (Å²) in [6, 6.07) is 12.0. The lowest BCUT2D eigenvalue weighted by Gasteiger charge is -2.07. The maximum Gasteiger partial charge on any atom is 0.230 e. The van der Waals surface area contributed by atoms with Crippen molar-refractivity contribution in [2.45, 2.75) is 18.6 Å². The second-order valence-electron chi connectivity index (χ2n) is 5.33. The Balaban J connectivity index is 1.54. The largest absolute Gasteiger partial charge is 0.351 e. The predicted molar refractivity (Wildman–Crippen MR) is 98.1 cm³/mol.